The van der Waals surface area contributed by atoms with Crippen LogP contribution in [-0.2, 0) is 11.2 Å². The van der Waals surface area contributed by atoms with E-state index in [0.717, 1.165) is 37.7 Å². The Labute approximate surface area is 179 Å². The Hall–Kier alpha value is -2.54. The lowest BCUT2D eigenvalue weighted by Crippen LogP contribution is -2.83. The Balaban J connectivity index is 1.20. The molecule has 0 radical (unpaired) electrons. The van der Waals surface area contributed by atoms with Crippen molar-refractivity contribution in [3.8, 4) is 0 Å². The number of hydrogen-bond donors (Lipinski definition) is 2. The topological polar surface area (TPSA) is 84.0 Å². The summed E-state index contributed by atoms with van der Waals surface area (Å²) < 4.78 is 13.2. The fraction of sp³-hybridized carbons (Fsp3) is 0.455. The molecule has 3 fully saturated rings. The van der Waals surface area contributed by atoms with Gasteiger partial charge in [-0.15, -0.1) is 0 Å². The second kappa shape index (κ2) is 7.95. The molecule has 0 spiro atoms. The number of alkyl halides is 1. The zero-order valence-corrected chi connectivity index (χ0v) is 17.5. The van der Waals surface area contributed by atoms with Crippen LogP contribution in [0.4, 0.5) is 4.39 Å². The Morgan fingerprint density at radius 3 is 2.53 bits per heavy atom. The van der Waals surface area contributed by atoms with E-state index in [4.69, 9.17) is 11.6 Å². The standard InChI is InChI=1S/C22H24ClFN4O2/c1-14(24)17-9-26-18(10-25-17)20(30)28-22-11-21(12-22,13-22)27-19(29)7-3-5-15-4-2-6-16(23)8-15/h2,4,6,8-10,14H,3,5,7,11-13H2,1H3,(H,27,29)(H,28,30). The van der Waals surface area contributed by atoms with E-state index < -0.39 is 6.17 Å². The zero-order valence-electron chi connectivity index (χ0n) is 16.8. The number of aryl methyl sites for hydroxylation is 1. The van der Waals surface area contributed by atoms with Crippen molar-refractivity contribution in [2.45, 2.75) is 62.7 Å². The molecule has 1 aromatic heterocycles. The Morgan fingerprint density at radius 2 is 1.90 bits per heavy atom. The maximum atomic E-state index is 13.2. The summed E-state index contributed by atoms with van der Waals surface area (Å²) in [6, 6.07) is 7.67. The number of carbonyl (C=O) groups excluding carboxylic acids is 2. The average molecular weight is 431 g/mol. The van der Waals surface area contributed by atoms with Gasteiger partial charge in [0.05, 0.1) is 18.1 Å². The SMILES string of the molecule is CC(F)c1cnc(C(=O)NC23CC(NC(=O)CCCc4cccc(Cl)c4)(C2)C3)cn1. The first-order chi connectivity index (χ1) is 14.3. The molecule has 1 aromatic carbocycles. The van der Waals surface area contributed by atoms with E-state index in [0.29, 0.717) is 11.4 Å². The lowest BCUT2D eigenvalue weighted by molar-refractivity contribution is -0.139. The summed E-state index contributed by atoms with van der Waals surface area (Å²) in [5.74, 6) is -0.278. The molecule has 3 aliphatic rings. The molecule has 2 bridgehead atoms. The van der Waals surface area contributed by atoms with Gasteiger partial charge in [-0.05, 0) is 56.7 Å². The van der Waals surface area contributed by atoms with Crippen molar-refractivity contribution in [1.82, 2.24) is 20.6 Å². The summed E-state index contributed by atoms with van der Waals surface area (Å²) in [6.07, 6.45) is 5.55. The molecule has 30 heavy (non-hydrogen) atoms. The van der Waals surface area contributed by atoms with Crippen LogP contribution in [0.1, 0.15) is 66.9 Å². The smallest absolute Gasteiger partial charge is 0.271 e. The van der Waals surface area contributed by atoms with Crippen molar-refractivity contribution < 1.29 is 14.0 Å². The highest BCUT2D eigenvalue weighted by molar-refractivity contribution is 6.30. The minimum Gasteiger partial charge on any atom is -0.350 e. The van der Waals surface area contributed by atoms with Gasteiger partial charge in [-0.2, -0.15) is 0 Å². The molecule has 5 rings (SSSR count). The number of aromatic nitrogens is 2. The molecule has 8 heteroatoms. The summed E-state index contributed by atoms with van der Waals surface area (Å²) in [6.45, 7) is 1.37. The van der Waals surface area contributed by atoms with E-state index in [1.165, 1.54) is 19.3 Å². The molecule has 1 heterocycles. The molecule has 1 atom stereocenters. The van der Waals surface area contributed by atoms with Crippen LogP contribution in [0.5, 0.6) is 0 Å². The minimum absolute atomic E-state index is 0.0402. The number of carbonyl (C=O) groups is 2. The van der Waals surface area contributed by atoms with Crippen LogP contribution in [0.25, 0.3) is 0 Å². The van der Waals surface area contributed by atoms with Crippen LogP contribution in [0.2, 0.25) is 5.02 Å². The molecule has 6 nitrogen and oxygen atoms in total. The Kier molecular flexibility index (Phi) is 5.49. The number of halogens is 2. The molecule has 1 unspecified atom stereocenters. The van der Waals surface area contributed by atoms with Gasteiger partial charge in [0, 0.05) is 22.5 Å². The highest BCUT2D eigenvalue weighted by Gasteiger charge is 2.69. The van der Waals surface area contributed by atoms with E-state index in [9.17, 15) is 14.0 Å². The van der Waals surface area contributed by atoms with Crippen molar-refractivity contribution in [3.63, 3.8) is 0 Å². The van der Waals surface area contributed by atoms with Gasteiger partial charge in [-0.25, -0.2) is 9.37 Å². The summed E-state index contributed by atoms with van der Waals surface area (Å²) in [5.41, 5.74) is 1.02. The van der Waals surface area contributed by atoms with E-state index in [1.54, 1.807) is 0 Å². The normalized spacial score (nSPS) is 24.9. The largest absolute Gasteiger partial charge is 0.350 e. The quantitative estimate of drug-likeness (QED) is 0.668. The van der Waals surface area contributed by atoms with Gasteiger partial charge < -0.3 is 10.6 Å². The molecular formula is C22H24ClFN4O2. The van der Waals surface area contributed by atoms with Crippen LogP contribution in [0.15, 0.2) is 36.7 Å². The summed E-state index contributed by atoms with van der Waals surface area (Å²) in [7, 11) is 0. The molecule has 0 saturated heterocycles. The average Bonchev–Trinajstić information content (AvgIpc) is 2.65. The zero-order chi connectivity index (χ0) is 21.4. The number of benzene rings is 1. The number of rotatable bonds is 8. The van der Waals surface area contributed by atoms with Crippen LogP contribution in [-0.4, -0.2) is 32.9 Å². The first kappa shape index (κ1) is 20.7. The molecule has 3 saturated carbocycles. The molecule has 158 valence electrons. The van der Waals surface area contributed by atoms with Crippen molar-refractivity contribution in [2.24, 2.45) is 0 Å². The van der Waals surface area contributed by atoms with Crippen LogP contribution in [0, 0.1) is 0 Å². The number of nitrogens with one attached hydrogen (secondary N) is 2. The lowest BCUT2D eigenvalue weighted by atomic mass is 9.44. The van der Waals surface area contributed by atoms with Crippen molar-refractivity contribution in [1.29, 1.82) is 0 Å². The molecule has 2 amide bonds. The molecule has 0 aliphatic heterocycles. The first-order valence-corrected chi connectivity index (χ1v) is 10.5. The number of nitrogens with zero attached hydrogens (tertiary/aromatic N) is 2. The highest BCUT2D eigenvalue weighted by Crippen LogP contribution is 2.60. The van der Waals surface area contributed by atoms with E-state index in [-0.39, 0.29) is 34.3 Å². The predicted octanol–water partition coefficient (Wildman–Crippen LogP) is 3.70. The van der Waals surface area contributed by atoms with Crippen molar-refractivity contribution in [3.05, 3.63) is 58.6 Å². The third kappa shape index (κ3) is 4.31. The molecule has 2 aromatic rings. The predicted molar refractivity (Wildman–Crippen MR) is 111 cm³/mol. The van der Waals surface area contributed by atoms with Crippen LogP contribution >= 0.6 is 11.6 Å². The van der Waals surface area contributed by atoms with Crippen LogP contribution in [0.3, 0.4) is 0 Å². The van der Waals surface area contributed by atoms with Gasteiger partial charge in [0.25, 0.3) is 5.91 Å². The third-order valence-electron chi connectivity index (χ3n) is 5.88. The second-order valence-electron chi connectivity index (χ2n) is 8.52. The van der Waals surface area contributed by atoms with E-state index >= 15 is 0 Å². The Morgan fingerprint density at radius 1 is 1.17 bits per heavy atom. The molecule has 2 N–H and O–H groups in total. The number of hydrogen-bond acceptors (Lipinski definition) is 4. The fourth-order valence-corrected chi connectivity index (χ4v) is 4.74. The van der Waals surface area contributed by atoms with E-state index in [1.807, 2.05) is 24.3 Å². The van der Waals surface area contributed by atoms with E-state index in [2.05, 4.69) is 20.6 Å². The minimum atomic E-state index is -1.22. The molecule has 3 aliphatic carbocycles. The highest BCUT2D eigenvalue weighted by atomic mass is 35.5. The second-order valence-corrected chi connectivity index (χ2v) is 8.96. The number of amides is 2. The van der Waals surface area contributed by atoms with Crippen molar-refractivity contribution >= 4 is 23.4 Å². The van der Waals surface area contributed by atoms with Gasteiger partial charge in [0.15, 0.2) is 0 Å². The summed E-state index contributed by atoms with van der Waals surface area (Å²) >= 11 is 5.98. The molecular weight excluding hydrogens is 407 g/mol. The van der Waals surface area contributed by atoms with Crippen molar-refractivity contribution in [2.75, 3.05) is 0 Å². The van der Waals surface area contributed by atoms with Gasteiger partial charge in [-0.1, -0.05) is 23.7 Å². The van der Waals surface area contributed by atoms with Crippen LogP contribution < -0.4 is 10.6 Å². The first-order valence-electron chi connectivity index (χ1n) is 10.1. The Bertz CT molecular complexity index is 944. The maximum absolute atomic E-state index is 13.2. The summed E-state index contributed by atoms with van der Waals surface area (Å²) in [5, 5.41) is 6.83. The van der Waals surface area contributed by atoms with Gasteiger partial charge in [-0.3, -0.25) is 14.6 Å². The maximum Gasteiger partial charge on any atom is 0.271 e. The third-order valence-corrected chi connectivity index (χ3v) is 6.12. The fourth-order valence-electron chi connectivity index (χ4n) is 4.52. The van der Waals surface area contributed by atoms with Gasteiger partial charge in [0.1, 0.15) is 11.9 Å². The summed E-state index contributed by atoms with van der Waals surface area (Å²) in [4.78, 5) is 32.6. The van der Waals surface area contributed by atoms with Gasteiger partial charge in [0.2, 0.25) is 5.91 Å². The lowest BCUT2D eigenvalue weighted by Gasteiger charge is -2.70. The monoisotopic (exact) mass is 430 g/mol. The van der Waals surface area contributed by atoms with Gasteiger partial charge >= 0.3 is 0 Å².